The Kier molecular flexibility index (Phi) is 2.98. The van der Waals surface area contributed by atoms with E-state index in [4.69, 9.17) is 0 Å². The number of carbonyl (C=O) groups excluding carboxylic acids is 1. The average Bonchev–Trinajstić information content (AvgIpc) is 2.03. The van der Waals surface area contributed by atoms with Crippen LogP contribution in [0.5, 0.6) is 0 Å². The Balaban J connectivity index is 3.27. The molecule has 2 nitrogen and oxygen atoms in total. The lowest BCUT2D eigenvalue weighted by molar-refractivity contribution is 0.101. The monoisotopic (exact) mass is 227 g/mol. The van der Waals surface area contributed by atoms with Gasteiger partial charge in [0.15, 0.2) is 5.78 Å². The minimum absolute atomic E-state index is 0.0700. The molecule has 0 aliphatic heterocycles. The van der Waals surface area contributed by atoms with Crippen molar-refractivity contribution in [2.45, 2.75) is 20.3 Å². The second-order valence-corrected chi connectivity index (χ2v) is 3.41. The lowest BCUT2D eigenvalue weighted by Crippen LogP contribution is -2.00. The van der Waals surface area contributed by atoms with Crippen molar-refractivity contribution in [3.05, 3.63) is 28.0 Å². The fourth-order valence-electron chi connectivity index (χ4n) is 1.12. The topological polar surface area (TPSA) is 30.0 Å². The second kappa shape index (κ2) is 3.81. The van der Waals surface area contributed by atoms with Crippen molar-refractivity contribution in [3.63, 3.8) is 0 Å². The number of carbonyl (C=O) groups is 1. The molecule has 0 fully saturated rings. The first kappa shape index (κ1) is 9.39. The van der Waals surface area contributed by atoms with E-state index in [1.807, 2.05) is 6.92 Å². The highest BCUT2D eigenvalue weighted by Crippen LogP contribution is 2.19. The zero-order valence-corrected chi connectivity index (χ0v) is 8.68. The summed E-state index contributed by atoms with van der Waals surface area (Å²) in [5.74, 6) is 0.0700. The molecule has 0 atom stereocenters. The van der Waals surface area contributed by atoms with E-state index >= 15 is 0 Å². The standard InChI is InChI=1S/C9H10BrNO/c1-3-7-8(6(2)12)4-11-5-9(7)10/h4-5H,3H2,1-2H3. The summed E-state index contributed by atoms with van der Waals surface area (Å²) in [5, 5.41) is 0. The molecule has 1 aromatic heterocycles. The minimum atomic E-state index is 0.0700. The first-order valence-electron chi connectivity index (χ1n) is 3.80. The van der Waals surface area contributed by atoms with Crippen LogP contribution in [0.4, 0.5) is 0 Å². The van der Waals surface area contributed by atoms with Gasteiger partial charge in [-0.2, -0.15) is 0 Å². The molecule has 0 saturated carbocycles. The van der Waals surface area contributed by atoms with Crippen LogP contribution in [-0.4, -0.2) is 10.8 Å². The van der Waals surface area contributed by atoms with Gasteiger partial charge in [-0.05, 0) is 34.8 Å². The van der Waals surface area contributed by atoms with E-state index in [2.05, 4.69) is 20.9 Å². The minimum Gasteiger partial charge on any atom is -0.294 e. The number of halogens is 1. The third-order valence-electron chi connectivity index (χ3n) is 1.74. The molecule has 64 valence electrons. The van der Waals surface area contributed by atoms with Crippen molar-refractivity contribution < 1.29 is 4.79 Å². The van der Waals surface area contributed by atoms with E-state index in [0.29, 0.717) is 5.56 Å². The Morgan fingerprint density at radius 2 is 2.25 bits per heavy atom. The van der Waals surface area contributed by atoms with E-state index < -0.39 is 0 Å². The molecule has 0 amide bonds. The van der Waals surface area contributed by atoms with Crippen molar-refractivity contribution in [2.24, 2.45) is 0 Å². The Morgan fingerprint density at radius 1 is 1.58 bits per heavy atom. The molecule has 0 unspecified atom stereocenters. The highest BCUT2D eigenvalue weighted by Gasteiger charge is 2.08. The normalized spacial score (nSPS) is 9.92. The Labute approximate surface area is 80.1 Å². The third kappa shape index (κ3) is 1.72. The fraction of sp³-hybridized carbons (Fsp3) is 0.333. The summed E-state index contributed by atoms with van der Waals surface area (Å²) in [6.45, 7) is 3.58. The van der Waals surface area contributed by atoms with Gasteiger partial charge in [0.05, 0.1) is 0 Å². The average molecular weight is 228 g/mol. The number of ketones is 1. The zero-order chi connectivity index (χ0) is 9.14. The Morgan fingerprint density at radius 3 is 2.67 bits per heavy atom. The number of hydrogen-bond donors (Lipinski definition) is 0. The molecule has 1 aromatic rings. The summed E-state index contributed by atoms with van der Waals surface area (Å²) >= 11 is 3.36. The van der Waals surface area contributed by atoms with Crippen molar-refractivity contribution in [3.8, 4) is 0 Å². The van der Waals surface area contributed by atoms with E-state index in [-0.39, 0.29) is 5.78 Å². The number of hydrogen-bond acceptors (Lipinski definition) is 2. The molecule has 0 spiro atoms. The number of rotatable bonds is 2. The molecule has 0 bridgehead atoms. The number of aromatic nitrogens is 1. The van der Waals surface area contributed by atoms with Gasteiger partial charge in [0.25, 0.3) is 0 Å². The molecular weight excluding hydrogens is 218 g/mol. The van der Waals surface area contributed by atoms with Gasteiger partial charge < -0.3 is 0 Å². The van der Waals surface area contributed by atoms with Gasteiger partial charge in [-0.1, -0.05) is 6.92 Å². The molecule has 0 aromatic carbocycles. The maximum Gasteiger partial charge on any atom is 0.161 e. The van der Waals surface area contributed by atoms with Crippen molar-refractivity contribution in [2.75, 3.05) is 0 Å². The van der Waals surface area contributed by atoms with Gasteiger partial charge in [-0.15, -0.1) is 0 Å². The highest BCUT2D eigenvalue weighted by molar-refractivity contribution is 9.10. The largest absolute Gasteiger partial charge is 0.294 e. The first-order chi connectivity index (χ1) is 5.66. The van der Waals surface area contributed by atoms with Crippen LogP contribution in [0, 0.1) is 0 Å². The summed E-state index contributed by atoms with van der Waals surface area (Å²) in [6.07, 6.45) is 4.18. The number of pyridine rings is 1. The lowest BCUT2D eigenvalue weighted by Gasteiger charge is -2.04. The zero-order valence-electron chi connectivity index (χ0n) is 7.10. The first-order valence-corrected chi connectivity index (χ1v) is 4.59. The van der Waals surface area contributed by atoms with Gasteiger partial charge in [-0.25, -0.2) is 0 Å². The molecule has 1 heterocycles. The van der Waals surface area contributed by atoms with Crippen molar-refractivity contribution in [1.82, 2.24) is 4.98 Å². The molecule has 0 aliphatic rings. The lowest BCUT2D eigenvalue weighted by atomic mass is 10.1. The number of nitrogens with zero attached hydrogens (tertiary/aromatic N) is 1. The van der Waals surface area contributed by atoms with Crippen molar-refractivity contribution in [1.29, 1.82) is 0 Å². The summed E-state index contributed by atoms with van der Waals surface area (Å²) < 4.78 is 0.915. The van der Waals surface area contributed by atoms with Crippen LogP contribution in [-0.2, 0) is 6.42 Å². The molecule has 1 rings (SSSR count). The Bertz CT molecular complexity index is 309. The van der Waals surface area contributed by atoms with E-state index in [0.717, 1.165) is 16.5 Å². The Hall–Kier alpha value is -0.700. The van der Waals surface area contributed by atoms with Gasteiger partial charge >= 0.3 is 0 Å². The van der Waals surface area contributed by atoms with Crippen LogP contribution >= 0.6 is 15.9 Å². The molecule has 0 saturated heterocycles. The summed E-state index contributed by atoms with van der Waals surface area (Å²) in [5.41, 5.74) is 1.75. The summed E-state index contributed by atoms with van der Waals surface area (Å²) in [7, 11) is 0. The van der Waals surface area contributed by atoms with Gasteiger partial charge in [0, 0.05) is 22.4 Å². The van der Waals surface area contributed by atoms with Gasteiger partial charge in [0.1, 0.15) is 0 Å². The predicted octanol–water partition coefficient (Wildman–Crippen LogP) is 2.61. The van der Waals surface area contributed by atoms with E-state index in [9.17, 15) is 4.79 Å². The van der Waals surface area contributed by atoms with Gasteiger partial charge in [0.2, 0.25) is 0 Å². The molecule has 0 N–H and O–H groups in total. The quantitative estimate of drug-likeness (QED) is 0.728. The third-order valence-corrected chi connectivity index (χ3v) is 2.42. The second-order valence-electron chi connectivity index (χ2n) is 2.56. The van der Waals surface area contributed by atoms with Crippen LogP contribution in [0.15, 0.2) is 16.9 Å². The van der Waals surface area contributed by atoms with Crippen molar-refractivity contribution >= 4 is 21.7 Å². The molecule has 3 heteroatoms. The summed E-state index contributed by atoms with van der Waals surface area (Å²) in [6, 6.07) is 0. The van der Waals surface area contributed by atoms with Crippen LogP contribution < -0.4 is 0 Å². The number of Topliss-reactive ketones (excluding diaryl/α,β-unsaturated/α-hetero) is 1. The van der Waals surface area contributed by atoms with Crippen LogP contribution in [0.1, 0.15) is 29.8 Å². The van der Waals surface area contributed by atoms with Crippen LogP contribution in [0.25, 0.3) is 0 Å². The highest BCUT2D eigenvalue weighted by atomic mass is 79.9. The smallest absolute Gasteiger partial charge is 0.161 e. The van der Waals surface area contributed by atoms with Gasteiger partial charge in [-0.3, -0.25) is 9.78 Å². The maximum absolute atomic E-state index is 11.1. The van der Waals surface area contributed by atoms with E-state index in [1.165, 1.54) is 0 Å². The SMILES string of the molecule is CCc1c(Br)cncc1C(C)=O. The predicted molar refractivity (Wildman–Crippen MR) is 51.3 cm³/mol. The van der Waals surface area contributed by atoms with E-state index in [1.54, 1.807) is 19.3 Å². The molecular formula is C9H10BrNO. The van der Waals surface area contributed by atoms with Crippen LogP contribution in [0.3, 0.4) is 0 Å². The molecule has 0 radical (unpaired) electrons. The summed E-state index contributed by atoms with van der Waals surface area (Å²) in [4.78, 5) is 15.1. The molecule has 0 aliphatic carbocycles. The maximum atomic E-state index is 11.1. The fourth-order valence-corrected chi connectivity index (χ4v) is 1.74. The molecule has 12 heavy (non-hydrogen) atoms. The van der Waals surface area contributed by atoms with Crippen LogP contribution in [0.2, 0.25) is 0 Å².